The van der Waals surface area contributed by atoms with E-state index in [1.165, 1.54) is 12.1 Å². The summed E-state index contributed by atoms with van der Waals surface area (Å²) in [6.07, 6.45) is -0.358. The highest BCUT2D eigenvalue weighted by atomic mass is 35.5. The van der Waals surface area contributed by atoms with Crippen LogP contribution in [0.25, 0.3) is 0 Å². The molecule has 0 amide bonds. The lowest BCUT2D eigenvalue weighted by Gasteiger charge is -2.10. The van der Waals surface area contributed by atoms with Crippen molar-refractivity contribution in [1.82, 2.24) is 5.32 Å². The zero-order valence-corrected chi connectivity index (χ0v) is 13.3. The Labute approximate surface area is 136 Å². The summed E-state index contributed by atoms with van der Waals surface area (Å²) in [6.45, 7) is 3.39. The van der Waals surface area contributed by atoms with Gasteiger partial charge in [0.05, 0.1) is 6.10 Å². The first-order chi connectivity index (χ1) is 10.1. The summed E-state index contributed by atoms with van der Waals surface area (Å²) in [6, 6.07) is 14.1. The van der Waals surface area contributed by atoms with Gasteiger partial charge in [0.1, 0.15) is 18.2 Å². The molecule has 3 nitrogen and oxygen atoms in total. The Morgan fingerprint density at radius 3 is 2.55 bits per heavy atom. The van der Waals surface area contributed by atoms with E-state index in [0.29, 0.717) is 19.7 Å². The smallest absolute Gasteiger partial charge is 0.123 e. The van der Waals surface area contributed by atoms with Crippen LogP contribution in [0.3, 0.4) is 0 Å². The van der Waals surface area contributed by atoms with E-state index >= 15 is 0 Å². The zero-order chi connectivity index (χ0) is 15.1. The summed E-state index contributed by atoms with van der Waals surface area (Å²) >= 11 is 0. The van der Waals surface area contributed by atoms with Gasteiger partial charge < -0.3 is 15.2 Å². The molecule has 0 spiro atoms. The number of rotatable bonds is 7. The molecule has 1 unspecified atom stereocenters. The molecule has 2 rings (SSSR count). The van der Waals surface area contributed by atoms with Crippen molar-refractivity contribution in [3.05, 3.63) is 65.5 Å². The SMILES string of the molecule is CC(O)CNCc1cccc(OCc2ccc(F)cc2)c1.Cl. The van der Waals surface area contributed by atoms with Crippen LogP contribution >= 0.6 is 12.4 Å². The fraction of sp³-hybridized carbons (Fsp3) is 0.294. The minimum Gasteiger partial charge on any atom is -0.489 e. The zero-order valence-electron chi connectivity index (χ0n) is 12.5. The molecule has 0 saturated heterocycles. The molecule has 22 heavy (non-hydrogen) atoms. The number of nitrogens with one attached hydrogen (secondary N) is 1. The lowest BCUT2D eigenvalue weighted by Crippen LogP contribution is -2.23. The van der Waals surface area contributed by atoms with Crippen molar-refractivity contribution in [2.45, 2.75) is 26.2 Å². The molecule has 0 radical (unpaired) electrons. The third-order valence-corrected chi connectivity index (χ3v) is 2.99. The Morgan fingerprint density at radius 1 is 1.14 bits per heavy atom. The topological polar surface area (TPSA) is 41.5 Å². The van der Waals surface area contributed by atoms with Gasteiger partial charge in [-0.2, -0.15) is 0 Å². The molecular formula is C17H21ClFNO2. The number of aliphatic hydroxyl groups is 1. The van der Waals surface area contributed by atoms with Crippen LogP contribution in [-0.4, -0.2) is 17.8 Å². The molecule has 5 heteroatoms. The van der Waals surface area contributed by atoms with Crippen LogP contribution in [0.1, 0.15) is 18.1 Å². The fourth-order valence-electron chi connectivity index (χ4n) is 1.92. The number of hydrogen-bond donors (Lipinski definition) is 2. The molecule has 0 fully saturated rings. The van der Waals surface area contributed by atoms with E-state index in [0.717, 1.165) is 16.9 Å². The standard InChI is InChI=1S/C17H20FNO2.ClH/c1-13(20)10-19-11-15-3-2-4-17(9-15)21-12-14-5-7-16(18)8-6-14;/h2-9,13,19-20H,10-12H2,1H3;1H. The van der Waals surface area contributed by atoms with Gasteiger partial charge in [-0.25, -0.2) is 4.39 Å². The van der Waals surface area contributed by atoms with Crippen LogP contribution in [0.15, 0.2) is 48.5 Å². The molecule has 0 aliphatic carbocycles. The molecule has 0 bridgehead atoms. The second-order valence-electron chi connectivity index (χ2n) is 5.04. The molecule has 0 aromatic heterocycles. The van der Waals surface area contributed by atoms with E-state index in [2.05, 4.69) is 5.32 Å². The maximum atomic E-state index is 12.8. The Morgan fingerprint density at radius 2 is 1.86 bits per heavy atom. The Hall–Kier alpha value is -1.62. The molecule has 0 aliphatic rings. The van der Waals surface area contributed by atoms with Crippen molar-refractivity contribution in [2.24, 2.45) is 0 Å². The van der Waals surface area contributed by atoms with E-state index in [-0.39, 0.29) is 24.3 Å². The molecule has 2 aromatic rings. The number of ether oxygens (including phenoxy) is 1. The van der Waals surface area contributed by atoms with E-state index in [4.69, 9.17) is 4.74 Å². The molecule has 0 heterocycles. The van der Waals surface area contributed by atoms with Crippen LogP contribution in [0.4, 0.5) is 4.39 Å². The van der Waals surface area contributed by atoms with Crippen molar-refractivity contribution >= 4 is 12.4 Å². The van der Waals surface area contributed by atoms with Crippen molar-refractivity contribution in [1.29, 1.82) is 0 Å². The predicted octanol–water partition coefficient (Wildman–Crippen LogP) is 3.30. The molecule has 120 valence electrons. The van der Waals surface area contributed by atoms with Gasteiger partial charge in [0, 0.05) is 13.1 Å². The molecule has 1 atom stereocenters. The van der Waals surface area contributed by atoms with Crippen LogP contribution in [0, 0.1) is 5.82 Å². The van der Waals surface area contributed by atoms with E-state index in [1.807, 2.05) is 24.3 Å². The largest absolute Gasteiger partial charge is 0.489 e. The first-order valence-corrected chi connectivity index (χ1v) is 6.98. The monoisotopic (exact) mass is 325 g/mol. The number of halogens is 2. The summed E-state index contributed by atoms with van der Waals surface area (Å²) in [5.41, 5.74) is 2.02. The summed E-state index contributed by atoms with van der Waals surface area (Å²) in [4.78, 5) is 0. The van der Waals surface area contributed by atoms with Gasteiger partial charge in [0.2, 0.25) is 0 Å². The number of benzene rings is 2. The molecule has 2 aromatic carbocycles. The summed E-state index contributed by atoms with van der Waals surface area (Å²) < 4.78 is 18.5. The first kappa shape index (κ1) is 18.4. The number of aliphatic hydroxyl groups excluding tert-OH is 1. The highest BCUT2D eigenvalue weighted by molar-refractivity contribution is 5.85. The number of hydrogen-bond acceptors (Lipinski definition) is 3. The Balaban J connectivity index is 0.00000242. The van der Waals surface area contributed by atoms with Crippen LogP contribution < -0.4 is 10.1 Å². The summed E-state index contributed by atoms with van der Waals surface area (Å²) in [5, 5.41) is 12.4. The lowest BCUT2D eigenvalue weighted by atomic mass is 10.2. The van der Waals surface area contributed by atoms with Crippen LogP contribution in [0.2, 0.25) is 0 Å². The summed E-state index contributed by atoms with van der Waals surface area (Å²) in [5.74, 6) is 0.528. The van der Waals surface area contributed by atoms with Crippen molar-refractivity contribution in [2.75, 3.05) is 6.54 Å². The molecule has 2 N–H and O–H groups in total. The third kappa shape index (κ3) is 6.43. The maximum absolute atomic E-state index is 12.8. The second kappa shape index (κ2) is 9.41. The van der Waals surface area contributed by atoms with Crippen LogP contribution in [0.5, 0.6) is 5.75 Å². The molecule has 0 aliphatic heterocycles. The average molecular weight is 326 g/mol. The second-order valence-corrected chi connectivity index (χ2v) is 5.04. The average Bonchev–Trinajstić information content (AvgIpc) is 2.47. The highest BCUT2D eigenvalue weighted by Gasteiger charge is 2.00. The van der Waals surface area contributed by atoms with Crippen LogP contribution in [-0.2, 0) is 13.2 Å². The van der Waals surface area contributed by atoms with Gasteiger partial charge in [0.15, 0.2) is 0 Å². The van der Waals surface area contributed by atoms with E-state index in [9.17, 15) is 9.50 Å². The van der Waals surface area contributed by atoms with Gasteiger partial charge >= 0.3 is 0 Å². The molecule has 0 saturated carbocycles. The van der Waals surface area contributed by atoms with Gasteiger partial charge in [-0.05, 0) is 42.3 Å². The minimum absolute atomic E-state index is 0. The minimum atomic E-state index is -0.358. The van der Waals surface area contributed by atoms with E-state index < -0.39 is 0 Å². The fourth-order valence-corrected chi connectivity index (χ4v) is 1.92. The van der Waals surface area contributed by atoms with Crippen molar-refractivity contribution < 1.29 is 14.2 Å². The first-order valence-electron chi connectivity index (χ1n) is 6.98. The summed E-state index contributed by atoms with van der Waals surface area (Å²) in [7, 11) is 0. The van der Waals surface area contributed by atoms with Crippen molar-refractivity contribution in [3.63, 3.8) is 0 Å². The maximum Gasteiger partial charge on any atom is 0.123 e. The third-order valence-electron chi connectivity index (χ3n) is 2.99. The van der Waals surface area contributed by atoms with Gasteiger partial charge in [-0.3, -0.25) is 0 Å². The quantitative estimate of drug-likeness (QED) is 0.820. The Bertz CT molecular complexity index is 561. The highest BCUT2D eigenvalue weighted by Crippen LogP contribution is 2.15. The van der Waals surface area contributed by atoms with Gasteiger partial charge in [-0.1, -0.05) is 24.3 Å². The normalized spacial score (nSPS) is 11.6. The lowest BCUT2D eigenvalue weighted by molar-refractivity contribution is 0.191. The Kier molecular flexibility index (Phi) is 7.88. The van der Waals surface area contributed by atoms with E-state index in [1.54, 1.807) is 19.1 Å². The molecular weight excluding hydrogens is 305 g/mol. The van der Waals surface area contributed by atoms with Crippen molar-refractivity contribution in [3.8, 4) is 5.75 Å². The van der Waals surface area contributed by atoms with Gasteiger partial charge in [-0.15, -0.1) is 12.4 Å². The predicted molar refractivity (Wildman–Crippen MR) is 87.8 cm³/mol. The van der Waals surface area contributed by atoms with Gasteiger partial charge in [0.25, 0.3) is 0 Å².